The van der Waals surface area contributed by atoms with Gasteiger partial charge in [-0.2, -0.15) is 5.10 Å². The Balaban J connectivity index is 1.71. The molecule has 0 N–H and O–H groups in total. The number of hydrogen-bond donors (Lipinski definition) is 0. The second kappa shape index (κ2) is 9.57. The van der Waals surface area contributed by atoms with Gasteiger partial charge >= 0.3 is 0 Å². The van der Waals surface area contributed by atoms with Crippen LogP contribution in [0.25, 0.3) is 0 Å². The number of carbonyl (C=O) groups is 1. The average Bonchev–Trinajstić information content (AvgIpc) is 2.70. The van der Waals surface area contributed by atoms with Crippen LogP contribution in [-0.2, 0) is 22.6 Å². The molecule has 1 aromatic carbocycles. The summed E-state index contributed by atoms with van der Waals surface area (Å²) in [6, 6.07) is 9.13. The first-order chi connectivity index (χ1) is 13.5. The number of halogens is 1. The summed E-state index contributed by atoms with van der Waals surface area (Å²) in [7, 11) is 0. The highest BCUT2D eigenvalue weighted by Crippen LogP contribution is 2.08. The highest BCUT2D eigenvalue weighted by atomic mass is 19.1. The Kier molecular flexibility index (Phi) is 6.89. The van der Waals surface area contributed by atoms with Gasteiger partial charge in [0.15, 0.2) is 0 Å². The first kappa shape index (κ1) is 20.2. The van der Waals surface area contributed by atoms with Gasteiger partial charge in [0.25, 0.3) is 5.56 Å². The molecule has 0 spiro atoms. The molecule has 0 saturated carbocycles. The topological polar surface area (TPSA) is 67.7 Å². The van der Waals surface area contributed by atoms with E-state index in [-0.39, 0.29) is 23.8 Å². The number of nitrogens with zero attached hydrogens (tertiary/aromatic N) is 4. The van der Waals surface area contributed by atoms with Crippen LogP contribution in [0.4, 0.5) is 4.39 Å². The minimum atomic E-state index is -0.314. The summed E-state index contributed by atoms with van der Waals surface area (Å²) in [4.78, 5) is 28.9. The van der Waals surface area contributed by atoms with Crippen LogP contribution in [0.5, 0.6) is 0 Å². The van der Waals surface area contributed by atoms with E-state index in [9.17, 15) is 14.0 Å². The molecule has 0 radical (unpaired) electrons. The summed E-state index contributed by atoms with van der Waals surface area (Å²) in [5.74, 6) is -0.511. The van der Waals surface area contributed by atoms with Crippen molar-refractivity contribution < 1.29 is 13.9 Å². The van der Waals surface area contributed by atoms with Gasteiger partial charge in [0, 0.05) is 38.8 Å². The predicted molar refractivity (Wildman–Crippen MR) is 102 cm³/mol. The number of ether oxygens (including phenoxy) is 1. The third-order valence-electron chi connectivity index (χ3n) is 4.71. The zero-order valence-corrected chi connectivity index (χ0v) is 16.0. The van der Waals surface area contributed by atoms with Crippen LogP contribution in [0.1, 0.15) is 11.3 Å². The molecule has 0 bridgehead atoms. The van der Waals surface area contributed by atoms with Crippen LogP contribution in [0.15, 0.2) is 41.2 Å². The molecular formula is C20H25FN4O3. The minimum Gasteiger partial charge on any atom is -0.379 e. The maximum atomic E-state index is 13.2. The van der Waals surface area contributed by atoms with Gasteiger partial charge in [0.1, 0.15) is 12.4 Å². The van der Waals surface area contributed by atoms with Gasteiger partial charge in [-0.1, -0.05) is 12.1 Å². The fourth-order valence-corrected chi connectivity index (χ4v) is 3.08. The van der Waals surface area contributed by atoms with Crippen molar-refractivity contribution in [2.75, 3.05) is 39.4 Å². The molecule has 7 nitrogen and oxygen atoms in total. The molecule has 1 aliphatic rings. The summed E-state index contributed by atoms with van der Waals surface area (Å²) in [5, 5.41) is 4.14. The standard InChI is InChI=1S/C20H25FN4O3/c1-16-2-7-19(26)25(22-16)15-20(27)24(9-8-23-10-12-28-13-11-23)14-17-3-5-18(21)6-4-17/h2-7H,8-15H2,1H3. The van der Waals surface area contributed by atoms with Crippen molar-refractivity contribution >= 4 is 5.91 Å². The van der Waals surface area contributed by atoms with E-state index in [1.54, 1.807) is 30.0 Å². The average molecular weight is 388 g/mol. The number of hydrogen-bond acceptors (Lipinski definition) is 5. The van der Waals surface area contributed by atoms with Crippen molar-refractivity contribution in [2.45, 2.75) is 20.0 Å². The summed E-state index contributed by atoms with van der Waals surface area (Å²) in [6.07, 6.45) is 0. The maximum Gasteiger partial charge on any atom is 0.267 e. The lowest BCUT2D eigenvalue weighted by Gasteiger charge is -2.30. The largest absolute Gasteiger partial charge is 0.379 e. The van der Waals surface area contributed by atoms with Crippen LogP contribution < -0.4 is 5.56 Å². The first-order valence-corrected chi connectivity index (χ1v) is 9.38. The number of benzene rings is 1. The Morgan fingerprint density at radius 3 is 2.61 bits per heavy atom. The van der Waals surface area contributed by atoms with Gasteiger partial charge in [-0.05, 0) is 30.7 Å². The zero-order chi connectivity index (χ0) is 19.9. The van der Waals surface area contributed by atoms with Crippen LogP contribution >= 0.6 is 0 Å². The summed E-state index contributed by atoms with van der Waals surface area (Å²) in [6.45, 7) is 6.27. The molecule has 0 unspecified atom stereocenters. The van der Waals surface area contributed by atoms with E-state index >= 15 is 0 Å². The zero-order valence-electron chi connectivity index (χ0n) is 16.0. The van der Waals surface area contributed by atoms with Crippen LogP contribution in [0, 0.1) is 12.7 Å². The minimum absolute atomic E-state index is 0.120. The lowest BCUT2D eigenvalue weighted by molar-refractivity contribution is -0.133. The lowest BCUT2D eigenvalue weighted by atomic mass is 10.2. The van der Waals surface area contributed by atoms with Crippen LogP contribution in [0.2, 0.25) is 0 Å². The van der Waals surface area contributed by atoms with Gasteiger partial charge in [-0.15, -0.1) is 0 Å². The Morgan fingerprint density at radius 1 is 1.18 bits per heavy atom. The number of aryl methyl sites for hydroxylation is 1. The van der Waals surface area contributed by atoms with Crippen molar-refractivity contribution in [1.29, 1.82) is 0 Å². The summed E-state index contributed by atoms with van der Waals surface area (Å²) < 4.78 is 19.7. The van der Waals surface area contributed by atoms with E-state index in [4.69, 9.17) is 4.74 Å². The second-order valence-electron chi connectivity index (χ2n) is 6.87. The van der Waals surface area contributed by atoms with E-state index in [1.165, 1.54) is 22.9 Å². The lowest BCUT2D eigenvalue weighted by Crippen LogP contribution is -2.44. The smallest absolute Gasteiger partial charge is 0.267 e. The fourth-order valence-electron chi connectivity index (χ4n) is 3.08. The molecule has 1 saturated heterocycles. The third-order valence-corrected chi connectivity index (χ3v) is 4.71. The molecule has 2 aromatic rings. The number of carbonyl (C=O) groups excluding carboxylic acids is 1. The van der Waals surface area contributed by atoms with E-state index in [0.29, 0.717) is 38.5 Å². The molecule has 0 aliphatic carbocycles. The summed E-state index contributed by atoms with van der Waals surface area (Å²) >= 11 is 0. The van der Waals surface area contributed by atoms with Gasteiger partial charge in [0.2, 0.25) is 5.91 Å². The maximum absolute atomic E-state index is 13.2. The molecular weight excluding hydrogens is 363 g/mol. The van der Waals surface area contributed by atoms with Crippen molar-refractivity contribution in [3.8, 4) is 0 Å². The van der Waals surface area contributed by atoms with E-state index in [2.05, 4.69) is 10.00 Å². The number of morpholine rings is 1. The van der Waals surface area contributed by atoms with Crippen molar-refractivity contribution in [2.24, 2.45) is 0 Å². The van der Waals surface area contributed by atoms with Gasteiger partial charge in [0.05, 0.1) is 18.9 Å². The number of aromatic nitrogens is 2. The highest BCUT2D eigenvalue weighted by molar-refractivity contribution is 5.75. The van der Waals surface area contributed by atoms with E-state index in [0.717, 1.165) is 18.7 Å². The van der Waals surface area contributed by atoms with Gasteiger partial charge in [-0.25, -0.2) is 9.07 Å². The molecule has 2 heterocycles. The quantitative estimate of drug-likeness (QED) is 0.709. The molecule has 3 rings (SSSR count). The molecule has 28 heavy (non-hydrogen) atoms. The SMILES string of the molecule is Cc1ccc(=O)n(CC(=O)N(CCN2CCOCC2)Cc2ccc(F)cc2)n1. The summed E-state index contributed by atoms with van der Waals surface area (Å²) in [5.41, 5.74) is 1.20. The van der Waals surface area contributed by atoms with E-state index in [1.807, 2.05) is 0 Å². The molecule has 8 heteroatoms. The van der Waals surface area contributed by atoms with E-state index < -0.39 is 0 Å². The number of rotatable bonds is 7. The molecule has 1 fully saturated rings. The third kappa shape index (κ3) is 5.71. The molecule has 150 valence electrons. The van der Waals surface area contributed by atoms with Crippen molar-refractivity contribution in [1.82, 2.24) is 19.6 Å². The van der Waals surface area contributed by atoms with Crippen molar-refractivity contribution in [3.63, 3.8) is 0 Å². The number of amides is 1. The van der Waals surface area contributed by atoms with Crippen molar-refractivity contribution in [3.05, 3.63) is 63.8 Å². The normalized spacial score (nSPS) is 14.8. The predicted octanol–water partition coefficient (Wildman–Crippen LogP) is 1.05. The molecule has 1 aliphatic heterocycles. The van der Waals surface area contributed by atoms with Gasteiger partial charge in [-0.3, -0.25) is 14.5 Å². The molecule has 1 amide bonds. The highest BCUT2D eigenvalue weighted by Gasteiger charge is 2.18. The Bertz CT molecular complexity index is 847. The van der Waals surface area contributed by atoms with Crippen LogP contribution in [0.3, 0.4) is 0 Å². The first-order valence-electron chi connectivity index (χ1n) is 9.38. The Hall–Kier alpha value is -2.58. The fraction of sp³-hybridized carbons (Fsp3) is 0.450. The van der Waals surface area contributed by atoms with Gasteiger partial charge < -0.3 is 9.64 Å². The monoisotopic (exact) mass is 388 g/mol. The second-order valence-corrected chi connectivity index (χ2v) is 6.87. The molecule has 1 aromatic heterocycles. The Morgan fingerprint density at radius 2 is 1.89 bits per heavy atom. The molecule has 0 atom stereocenters. The van der Waals surface area contributed by atoms with Crippen LogP contribution in [-0.4, -0.2) is 64.9 Å². The Labute approximate surface area is 163 Å².